The number of rotatable bonds is 5. The van der Waals surface area contributed by atoms with Crippen molar-refractivity contribution in [1.29, 1.82) is 0 Å². The zero-order chi connectivity index (χ0) is 19.1. The Bertz CT molecular complexity index is 849. The zero-order valence-electron chi connectivity index (χ0n) is 14.9. The highest BCUT2D eigenvalue weighted by Gasteiger charge is 2.22. The number of hydrogen-bond acceptors (Lipinski definition) is 3. The third kappa shape index (κ3) is 5.44. The fourth-order valence-corrected chi connectivity index (χ4v) is 3.18. The number of carbonyl (C=O) groups is 2. The Morgan fingerprint density at radius 1 is 1.04 bits per heavy atom. The van der Waals surface area contributed by atoms with Crippen molar-refractivity contribution in [2.24, 2.45) is 0 Å². The lowest BCUT2D eigenvalue weighted by atomic mass is 10.1. The number of amides is 2. The summed E-state index contributed by atoms with van der Waals surface area (Å²) in [5.74, 6) is -0.483. The van der Waals surface area contributed by atoms with Gasteiger partial charge in [0.2, 0.25) is 0 Å². The molecule has 0 spiro atoms. The highest BCUT2D eigenvalue weighted by atomic mass is 79.9. The maximum atomic E-state index is 12.9. The van der Waals surface area contributed by atoms with Crippen LogP contribution in [0.1, 0.15) is 35.4 Å². The lowest BCUT2D eigenvalue weighted by molar-refractivity contribution is -0.128. The first-order valence-electron chi connectivity index (χ1n) is 8.93. The zero-order valence-corrected chi connectivity index (χ0v) is 16.4. The van der Waals surface area contributed by atoms with Gasteiger partial charge in [-0.2, -0.15) is 0 Å². The largest absolute Gasteiger partial charge is 0.444 e. The lowest BCUT2D eigenvalue weighted by Crippen LogP contribution is -2.41. The Morgan fingerprint density at radius 3 is 2.44 bits per heavy atom. The maximum Gasteiger partial charge on any atom is 0.291 e. The summed E-state index contributed by atoms with van der Waals surface area (Å²) in [7, 11) is 0. The minimum Gasteiger partial charge on any atom is -0.444 e. The maximum absolute atomic E-state index is 12.9. The first-order chi connectivity index (χ1) is 13.1. The smallest absolute Gasteiger partial charge is 0.291 e. The molecule has 0 aliphatic carbocycles. The molecule has 1 saturated heterocycles. The molecule has 5 nitrogen and oxygen atoms in total. The van der Waals surface area contributed by atoms with Crippen molar-refractivity contribution >= 4 is 33.8 Å². The first kappa shape index (κ1) is 19.2. The summed E-state index contributed by atoms with van der Waals surface area (Å²) >= 11 is 3.18. The van der Waals surface area contributed by atoms with Crippen LogP contribution in [0.2, 0.25) is 0 Å². The van der Waals surface area contributed by atoms with Crippen LogP contribution in [0.5, 0.6) is 0 Å². The Hall–Kier alpha value is -2.60. The second kappa shape index (κ2) is 9.37. The third-order valence-corrected chi connectivity index (χ3v) is 4.70. The molecule has 140 valence electrons. The van der Waals surface area contributed by atoms with E-state index in [1.807, 2.05) is 36.4 Å². The summed E-state index contributed by atoms with van der Waals surface area (Å²) in [5, 5.41) is 2.70. The van der Waals surface area contributed by atoms with Crippen molar-refractivity contribution in [3.05, 3.63) is 76.3 Å². The van der Waals surface area contributed by atoms with Crippen LogP contribution >= 0.6 is 15.9 Å². The van der Waals surface area contributed by atoms with Gasteiger partial charge in [0.05, 0.1) is 0 Å². The van der Waals surface area contributed by atoms with Crippen molar-refractivity contribution in [3.8, 4) is 0 Å². The van der Waals surface area contributed by atoms with E-state index in [2.05, 4.69) is 21.2 Å². The van der Waals surface area contributed by atoms with E-state index in [4.69, 9.17) is 4.42 Å². The Morgan fingerprint density at radius 2 is 1.78 bits per heavy atom. The van der Waals surface area contributed by atoms with Crippen LogP contribution in [0.25, 0.3) is 6.08 Å². The fourth-order valence-electron chi connectivity index (χ4n) is 2.87. The number of carbonyl (C=O) groups excluding carboxylic acids is 2. The molecular weight excluding hydrogens is 408 g/mol. The van der Waals surface area contributed by atoms with Crippen LogP contribution in [0.4, 0.5) is 0 Å². The van der Waals surface area contributed by atoms with Gasteiger partial charge in [-0.25, -0.2) is 0 Å². The molecule has 1 aliphatic rings. The fraction of sp³-hybridized carbons (Fsp3) is 0.238. The predicted octanol–water partition coefficient (Wildman–Crippen LogP) is 4.38. The number of nitrogens with zero attached hydrogens (tertiary/aromatic N) is 1. The van der Waals surface area contributed by atoms with Gasteiger partial charge in [0.15, 0.2) is 10.4 Å². The number of likely N-dealkylation sites (tertiary alicyclic amines) is 1. The van der Waals surface area contributed by atoms with E-state index in [-0.39, 0.29) is 17.4 Å². The molecule has 0 unspecified atom stereocenters. The summed E-state index contributed by atoms with van der Waals surface area (Å²) in [4.78, 5) is 27.1. The first-order valence-corrected chi connectivity index (χ1v) is 9.72. The highest BCUT2D eigenvalue weighted by Crippen LogP contribution is 2.16. The van der Waals surface area contributed by atoms with Crippen LogP contribution < -0.4 is 5.32 Å². The van der Waals surface area contributed by atoms with E-state index in [1.54, 1.807) is 29.2 Å². The second-order valence-corrected chi connectivity index (χ2v) is 7.04. The summed E-state index contributed by atoms with van der Waals surface area (Å²) in [5.41, 5.74) is 1.25. The van der Waals surface area contributed by atoms with Crippen LogP contribution in [-0.2, 0) is 4.79 Å². The topological polar surface area (TPSA) is 62.6 Å². The number of hydrogen-bond donors (Lipinski definition) is 1. The van der Waals surface area contributed by atoms with Crippen molar-refractivity contribution in [2.45, 2.75) is 19.3 Å². The number of allylic oxidation sites excluding steroid dienone is 2. The van der Waals surface area contributed by atoms with Crippen molar-refractivity contribution in [2.75, 3.05) is 13.1 Å². The summed E-state index contributed by atoms with van der Waals surface area (Å²) in [6.45, 7) is 1.42. The monoisotopic (exact) mass is 428 g/mol. The average Bonchev–Trinajstić information content (AvgIpc) is 3.14. The number of furan rings is 1. The number of halogens is 1. The molecule has 6 heteroatoms. The normalized spacial score (nSPS) is 15.1. The predicted molar refractivity (Wildman–Crippen MR) is 108 cm³/mol. The van der Waals surface area contributed by atoms with E-state index in [0.29, 0.717) is 17.8 Å². The van der Waals surface area contributed by atoms with Crippen molar-refractivity contribution < 1.29 is 14.0 Å². The van der Waals surface area contributed by atoms with Crippen LogP contribution in [0.3, 0.4) is 0 Å². The van der Waals surface area contributed by atoms with Gasteiger partial charge in [0.1, 0.15) is 5.70 Å². The SMILES string of the molecule is O=C(N/C(=C\C=C/c1ccccc1)C(=O)N1CCCCC1)c1ccc(Br)o1. The Kier molecular flexibility index (Phi) is 6.65. The second-order valence-electron chi connectivity index (χ2n) is 6.26. The molecular formula is C21H21BrN2O3. The van der Waals surface area contributed by atoms with E-state index >= 15 is 0 Å². The van der Waals surface area contributed by atoms with Gasteiger partial charge in [0, 0.05) is 13.1 Å². The van der Waals surface area contributed by atoms with Gasteiger partial charge in [0.25, 0.3) is 11.8 Å². The number of piperidine rings is 1. The molecule has 1 N–H and O–H groups in total. The summed E-state index contributed by atoms with van der Waals surface area (Å²) in [6, 6.07) is 13.0. The standard InChI is InChI=1S/C21H21BrN2O3/c22-19-13-12-18(27-19)20(25)23-17(21(26)24-14-5-2-6-15-24)11-7-10-16-8-3-1-4-9-16/h1,3-4,7-13H,2,5-6,14-15H2,(H,23,25)/b10-7-,17-11-. The molecule has 0 saturated carbocycles. The van der Waals surface area contributed by atoms with E-state index in [1.165, 1.54) is 0 Å². The Labute approximate surface area is 166 Å². The lowest BCUT2D eigenvalue weighted by Gasteiger charge is -2.27. The molecule has 1 aromatic carbocycles. The molecule has 1 aromatic heterocycles. The van der Waals surface area contributed by atoms with Crippen molar-refractivity contribution in [1.82, 2.24) is 10.2 Å². The minimum atomic E-state index is -0.453. The number of nitrogens with one attached hydrogen (secondary N) is 1. The molecule has 2 aromatic rings. The molecule has 0 atom stereocenters. The molecule has 0 bridgehead atoms. The molecule has 1 fully saturated rings. The highest BCUT2D eigenvalue weighted by molar-refractivity contribution is 9.10. The summed E-state index contributed by atoms with van der Waals surface area (Å²) in [6.07, 6.45) is 8.39. The third-order valence-electron chi connectivity index (χ3n) is 4.27. The molecule has 2 heterocycles. The van der Waals surface area contributed by atoms with E-state index in [9.17, 15) is 9.59 Å². The quantitative estimate of drug-likeness (QED) is 0.567. The van der Waals surface area contributed by atoms with E-state index in [0.717, 1.165) is 24.8 Å². The van der Waals surface area contributed by atoms with Gasteiger partial charge < -0.3 is 14.6 Å². The van der Waals surface area contributed by atoms with Crippen LogP contribution in [0.15, 0.2) is 69.4 Å². The van der Waals surface area contributed by atoms with Gasteiger partial charge >= 0.3 is 0 Å². The molecule has 1 aliphatic heterocycles. The summed E-state index contributed by atoms with van der Waals surface area (Å²) < 4.78 is 5.74. The van der Waals surface area contributed by atoms with Gasteiger partial charge in [-0.3, -0.25) is 9.59 Å². The molecule has 0 radical (unpaired) electrons. The van der Waals surface area contributed by atoms with Crippen LogP contribution in [0, 0.1) is 0 Å². The average molecular weight is 429 g/mol. The van der Waals surface area contributed by atoms with E-state index < -0.39 is 5.91 Å². The molecule has 27 heavy (non-hydrogen) atoms. The van der Waals surface area contributed by atoms with Gasteiger partial charge in [-0.05, 0) is 59.0 Å². The van der Waals surface area contributed by atoms with Crippen molar-refractivity contribution in [3.63, 3.8) is 0 Å². The van der Waals surface area contributed by atoms with Gasteiger partial charge in [-0.1, -0.05) is 42.5 Å². The molecule has 3 rings (SSSR count). The van der Waals surface area contributed by atoms with Gasteiger partial charge in [-0.15, -0.1) is 0 Å². The number of benzene rings is 1. The minimum absolute atomic E-state index is 0.145. The molecule has 2 amide bonds. The van der Waals surface area contributed by atoms with Crippen LogP contribution in [-0.4, -0.2) is 29.8 Å². The Balaban J connectivity index is 1.78.